The first-order chi connectivity index (χ1) is 10.2. The number of oxazole rings is 1. The van der Waals surface area contributed by atoms with Gasteiger partial charge in [0.05, 0.1) is 11.9 Å². The maximum Gasteiger partial charge on any atom is 0.251 e. The van der Waals surface area contributed by atoms with Gasteiger partial charge in [0.1, 0.15) is 0 Å². The lowest BCUT2D eigenvalue weighted by molar-refractivity contribution is -0.645. The average Bonchev–Trinajstić information content (AvgIpc) is 2.96. The minimum absolute atomic E-state index is 0.500. The number of benzene rings is 1. The van der Waals surface area contributed by atoms with Crippen molar-refractivity contribution in [2.75, 3.05) is 0 Å². The minimum atomic E-state index is 0.500. The molecular formula is C15H11ClN2O2S. The van der Waals surface area contributed by atoms with Crippen LogP contribution in [0, 0.1) is 5.21 Å². The van der Waals surface area contributed by atoms with Gasteiger partial charge in [-0.3, -0.25) is 0 Å². The van der Waals surface area contributed by atoms with Gasteiger partial charge in [-0.25, -0.2) is 4.98 Å². The van der Waals surface area contributed by atoms with Crippen LogP contribution in [0.4, 0.5) is 0 Å². The molecule has 0 amide bonds. The second-order valence-electron chi connectivity index (χ2n) is 4.28. The number of thioether (sulfide) groups is 1. The van der Waals surface area contributed by atoms with E-state index in [2.05, 4.69) is 4.98 Å². The summed E-state index contributed by atoms with van der Waals surface area (Å²) in [6.07, 6.45) is 3.15. The van der Waals surface area contributed by atoms with Crippen LogP contribution in [-0.4, -0.2) is 4.98 Å². The van der Waals surface area contributed by atoms with Crippen LogP contribution >= 0.6 is 23.4 Å². The molecule has 0 aliphatic carbocycles. The molecule has 0 spiro atoms. The monoisotopic (exact) mass is 318 g/mol. The van der Waals surface area contributed by atoms with Crippen LogP contribution in [0.15, 0.2) is 64.3 Å². The van der Waals surface area contributed by atoms with E-state index in [0.29, 0.717) is 27.5 Å². The molecule has 2 aromatic heterocycles. The number of aromatic nitrogens is 2. The first-order valence-electron chi connectivity index (χ1n) is 6.24. The zero-order valence-electron chi connectivity index (χ0n) is 10.9. The zero-order chi connectivity index (χ0) is 14.7. The fourth-order valence-corrected chi connectivity index (χ4v) is 2.68. The van der Waals surface area contributed by atoms with Gasteiger partial charge in [-0.15, -0.1) is 0 Å². The summed E-state index contributed by atoms with van der Waals surface area (Å²) in [5, 5.41) is 12.8. The van der Waals surface area contributed by atoms with Crippen LogP contribution in [0.25, 0.3) is 11.3 Å². The molecule has 0 saturated carbocycles. The minimum Gasteiger partial charge on any atom is -0.618 e. The van der Waals surface area contributed by atoms with Gasteiger partial charge in [0.2, 0.25) is 5.89 Å². The normalized spacial score (nSPS) is 10.7. The Labute approximate surface area is 131 Å². The summed E-state index contributed by atoms with van der Waals surface area (Å²) in [7, 11) is 0. The number of halogens is 1. The molecule has 3 aromatic rings. The molecule has 0 fully saturated rings. The molecule has 3 rings (SSSR count). The highest BCUT2D eigenvalue weighted by Gasteiger charge is 2.10. The third-order valence-corrected chi connectivity index (χ3v) is 4.07. The van der Waals surface area contributed by atoms with E-state index in [4.69, 9.17) is 16.0 Å². The lowest BCUT2D eigenvalue weighted by Gasteiger charge is -2.01. The molecule has 0 unspecified atom stereocenters. The SMILES string of the molecule is [O-][n+]1ccccc1SCc1ncc(-c2ccc(Cl)cc2)o1. The molecule has 106 valence electrons. The highest BCUT2D eigenvalue weighted by molar-refractivity contribution is 7.98. The second-order valence-corrected chi connectivity index (χ2v) is 5.71. The number of rotatable bonds is 4. The Balaban J connectivity index is 1.71. The van der Waals surface area contributed by atoms with Gasteiger partial charge in [-0.05, 0) is 42.1 Å². The Morgan fingerprint density at radius 3 is 2.76 bits per heavy atom. The molecule has 0 N–H and O–H groups in total. The third kappa shape index (κ3) is 3.37. The van der Waals surface area contributed by atoms with E-state index in [9.17, 15) is 5.21 Å². The van der Waals surface area contributed by atoms with Crippen molar-refractivity contribution >= 4 is 23.4 Å². The van der Waals surface area contributed by atoms with E-state index >= 15 is 0 Å². The largest absolute Gasteiger partial charge is 0.618 e. The number of nitrogens with zero attached hydrogens (tertiary/aromatic N) is 2. The molecule has 0 radical (unpaired) electrons. The Morgan fingerprint density at radius 2 is 2.00 bits per heavy atom. The summed E-state index contributed by atoms with van der Waals surface area (Å²) < 4.78 is 6.51. The van der Waals surface area contributed by atoms with Crippen molar-refractivity contribution < 1.29 is 9.15 Å². The highest BCUT2D eigenvalue weighted by atomic mass is 35.5. The summed E-state index contributed by atoms with van der Waals surface area (Å²) in [6, 6.07) is 12.6. The molecule has 0 aliphatic heterocycles. The van der Waals surface area contributed by atoms with E-state index in [1.807, 2.05) is 18.2 Å². The van der Waals surface area contributed by atoms with Crippen molar-refractivity contribution in [2.45, 2.75) is 10.8 Å². The second kappa shape index (κ2) is 6.20. The van der Waals surface area contributed by atoms with Gasteiger partial charge in [-0.1, -0.05) is 11.6 Å². The van der Waals surface area contributed by atoms with Crippen LogP contribution in [-0.2, 0) is 5.75 Å². The van der Waals surface area contributed by atoms with Crippen LogP contribution in [0.2, 0.25) is 5.02 Å². The Bertz CT molecular complexity index is 743. The van der Waals surface area contributed by atoms with E-state index in [-0.39, 0.29) is 0 Å². The first kappa shape index (κ1) is 14.0. The lowest BCUT2D eigenvalue weighted by Crippen LogP contribution is -2.27. The van der Waals surface area contributed by atoms with Crippen LogP contribution in [0.1, 0.15) is 5.89 Å². The van der Waals surface area contributed by atoms with Crippen LogP contribution in [0.3, 0.4) is 0 Å². The smallest absolute Gasteiger partial charge is 0.251 e. The maximum absolute atomic E-state index is 11.5. The molecule has 0 saturated heterocycles. The summed E-state index contributed by atoms with van der Waals surface area (Å²) in [6.45, 7) is 0. The lowest BCUT2D eigenvalue weighted by atomic mass is 10.2. The van der Waals surface area contributed by atoms with Gasteiger partial charge in [0.25, 0.3) is 5.03 Å². The van der Waals surface area contributed by atoms with Crippen LogP contribution < -0.4 is 4.73 Å². The molecule has 6 heteroatoms. The number of hydrogen-bond acceptors (Lipinski definition) is 4. The molecular weight excluding hydrogens is 308 g/mol. The molecule has 0 atom stereocenters. The molecule has 0 aliphatic rings. The van der Waals surface area contributed by atoms with Crippen molar-refractivity contribution in [3.05, 3.63) is 71.0 Å². The Kier molecular flexibility index (Phi) is 4.13. The number of hydrogen-bond donors (Lipinski definition) is 0. The van der Waals surface area contributed by atoms with Gasteiger partial charge in [-0.2, -0.15) is 4.73 Å². The van der Waals surface area contributed by atoms with Crippen molar-refractivity contribution in [1.82, 2.24) is 4.98 Å². The quantitative estimate of drug-likeness (QED) is 0.415. The molecule has 2 heterocycles. The van der Waals surface area contributed by atoms with Gasteiger partial charge >= 0.3 is 0 Å². The van der Waals surface area contributed by atoms with Crippen molar-refractivity contribution in [2.24, 2.45) is 0 Å². The summed E-state index contributed by atoms with van der Waals surface area (Å²) in [5.41, 5.74) is 0.918. The van der Waals surface area contributed by atoms with E-state index in [0.717, 1.165) is 10.3 Å². The first-order valence-corrected chi connectivity index (χ1v) is 7.60. The van der Waals surface area contributed by atoms with E-state index in [1.165, 1.54) is 18.0 Å². The summed E-state index contributed by atoms with van der Waals surface area (Å²) >= 11 is 7.24. The highest BCUT2D eigenvalue weighted by Crippen LogP contribution is 2.25. The van der Waals surface area contributed by atoms with Gasteiger partial charge in [0, 0.05) is 22.7 Å². The predicted molar refractivity (Wildman–Crippen MR) is 81.9 cm³/mol. The molecule has 1 aromatic carbocycles. The third-order valence-electron chi connectivity index (χ3n) is 2.81. The van der Waals surface area contributed by atoms with Crippen molar-refractivity contribution in [3.8, 4) is 11.3 Å². The van der Waals surface area contributed by atoms with Gasteiger partial charge < -0.3 is 9.62 Å². The molecule has 0 bridgehead atoms. The maximum atomic E-state index is 11.5. The fourth-order valence-electron chi connectivity index (χ4n) is 1.78. The summed E-state index contributed by atoms with van der Waals surface area (Å²) in [5.74, 6) is 1.76. The zero-order valence-corrected chi connectivity index (χ0v) is 12.5. The standard InChI is InChI=1S/C15H11ClN2O2S/c16-12-6-4-11(5-7-12)13-9-17-14(20-13)10-21-15-3-1-2-8-18(15)19/h1-9H,10H2. The van der Waals surface area contributed by atoms with E-state index in [1.54, 1.807) is 30.5 Å². The van der Waals surface area contributed by atoms with E-state index < -0.39 is 0 Å². The Hall–Kier alpha value is -1.98. The Morgan fingerprint density at radius 1 is 1.19 bits per heavy atom. The van der Waals surface area contributed by atoms with Crippen molar-refractivity contribution in [3.63, 3.8) is 0 Å². The van der Waals surface area contributed by atoms with Crippen LogP contribution in [0.5, 0.6) is 0 Å². The fraction of sp³-hybridized carbons (Fsp3) is 0.0667. The summed E-state index contributed by atoms with van der Waals surface area (Å²) in [4.78, 5) is 4.23. The van der Waals surface area contributed by atoms with Gasteiger partial charge in [0.15, 0.2) is 12.0 Å². The molecule has 21 heavy (non-hydrogen) atoms. The molecule has 4 nitrogen and oxygen atoms in total. The predicted octanol–water partition coefficient (Wildman–Crippen LogP) is 3.92. The topological polar surface area (TPSA) is 53.0 Å². The van der Waals surface area contributed by atoms with Crippen molar-refractivity contribution in [1.29, 1.82) is 0 Å². The number of pyridine rings is 1. The average molecular weight is 319 g/mol.